The third-order valence-corrected chi connectivity index (χ3v) is 5.23. The van der Waals surface area contributed by atoms with Crippen molar-refractivity contribution in [2.45, 2.75) is 6.92 Å². The lowest BCUT2D eigenvalue weighted by molar-refractivity contribution is -0.129. The summed E-state index contributed by atoms with van der Waals surface area (Å²) in [5.41, 5.74) is 1.29. The summed E-state index contributed by atoms with van der Waals surface area (Å²) in [6.45, 7) is 4.53. The number of carbonyl (C=O) groups excluding carboxylic acids is 2. The van der Waals surface area contributed by atoms with Gasteiger partial charge in [-0.2, -0.15) is 0 Å². The van der Waals surface area contributed by atoms with Crippen LogP contribution >= 0.6 is 27.3 Å². The van der Waals surface area contributed by atoms with Gasteiger partial charge in [0.05, 0.1) is 11.9 Å². The molecule has 2 amide bonds. The molecule has 0 bridgehead atoms. The van der Waals surface area contributed by atoms with E-state index in [0.717, 1.165) is 18.8 Å². The van der Waals surface area contributed by atoms with E-state index in [-0.39, 0.29) is 11.8 Å². The number of thiazole rings is 1. The molecule has 2 aromatic heterocycles. The van der Waals surface area contributed by atoms with Gasteiger partial charge in [-0.3, -0.25) is 14.9 Å². The molecule has 1 aliphatic heterocycles. The van der Waals surface area contributed by atoms with Gasteiger partial charge in [0.1, 0.15) is 10.3 Å². The van der Waals surface area contributed by atoms with E-state index in [9.17, 15) is 9.59 Å². The number of amides is 2. The lowest BCUT2D eigenvalue weighted by Crippen LogP contribution is -2.48. The zero-order valence-corrected chi connectivity index (χ0v) is 15.4. The third-order valence-electron chi connectivity index (χ3n) is 3.77. The fraction of sp³-hybridized carbons (Fsp3) is 0.333. The van der Waals surface area contributed by atoms with Crippen LogP contribution in [0, 0.1) is 0 Å². The monoisotopic (exact) mass is 409 g/mol. The molecule has 1 saturated heterocycles. The molecule has 1 aliphatic rings. The van der Waals surface area contributed by atoms with E-state index >= 15 is 0 Å². The van der Waals surface area contributed by atoms with Crippen LogP contribution in [0.15, 0.2) is 28.3 Å². The molecule has 0 aromatic carbocycles. The second kappa shape index (κ2) is 7.27. The summed E-state index contributed by atoms with van der Waals surface area (Å²) in [4.78, 5) is 35.9. The molecule has 9 heteroatoms. The number of pyridine rings is 1. The number of piperazine rings is 1. The maximum Gasteiger partial charge on any atom is 0.276 e. The predicted octanol–water partition coefficient (Wildman–Crippen LogP) is 2.22. The fourth-order valence-electron chi connectivity index (χ4n) is 2.46. The highest BCUT2D eigenvalue weighted by Crippen LogP contribution is 2.20. The van der Waals surface area contributed by atoms with E-state index in [2.05, 4.69) is 36.1 Å². The van der Waals surface area contributed by atoms with Crippen LogP contribution in [0.2, 0.25) is 0 Å². The van der Waals surface area contributed by atoms with E-state index in [4.69, 9.17) is 0 Å². The summed E-state index contributed by atoms with van der Waals surface area (Å²) in [5.74, 6) is -0.182. The molecule has 24 heavy (non-hydrogen) atoms. The highest BCUT2D eigenvalue weighted by Gasteiger charge is 2.19. The maximum atomic E-state index is 12.1. The Morgan fingerprint density at radius 3 is 2.54 bits per heavy atom. The first-order valence-electron chi connectivity index (χ1n) is 7.42. The van der Waals surface area contributed by atoms with Crippen molar-refractivity contribution in [2.75, 3.05) is 36.4 Å². The summed E-state index contributed by atoms with van der Waals surface area (Å²) in [5, 5.41) is 5.04. The van der Waals surface area contributed by atoms with Crippen LogP contribution in [0.5, 0.6) is 0 Å². The van der Waals surface area contributed by atoms with E-state index in [1.807, 2.05) is 11.0 Å². The summed E-state index contributed by atoms with van der Waals surface area (Å²) >= 11 is 4.59. The number of hydrogen-bond donors (Lipinski definition) is 1. The van der Waals surface area contributed by atoms with Crippen LogP contribution in [-0.4, -0.2) is 52.9 Å². The second-order valence-electron chi connectivity index (χ2n) is 5.32. The lowest BCUT2D eigenvalue weighted by Gasteiger charge is -2.35. The summed E-state index contributed by atoms with van der Waals surface area (Å²) in [6.07, 6.45) is 1.69. The molecule has 1 N–H and O–H groups in total. The molecule has 0 aliphatic carbocycles. The molecule has 0 radical (unpaired) electrons. The van der Waals surface area contributed by atoms with Crippen LogP contribution in [0.4, 0.5) is 10.8 Å². The van der Waals surface area contributed by atoms with Crippen LogP contribution in [-0.2, 0) is 4.79 Å². The van der Waals surface area contributed by atoms with E-state index < -0.39 is 0 Å². The van der Waals surface area contributed by atoms with Gasteiger partial charge in [-0.15, -0.1) is 11.3 Å². The van der Waals surface area contributed by atoms with Gasteiger partial charge in [-0.05, 0) is 28.1 Å². The van der Waals surface area contributed by atoms with E-state index in [1.165, 1.54) is 11.3 Å². The highest BCUT2D eigenvalue weighted by molar-refractivity contribution is 9.10. The first-order valence-corrected chi connectivity index (χ1v) is 9.09. The Bertz CT molecular complexity index is 741. The van der Waals surface area contributed by atoms with Gasteiger partial charge < -0.3 is 9.80 Å². The molecule has 3 heterocycles. The average Bonchev–Trinajstić information content (AvgIpc) is 3.00. The molecule has 2 aromatic rings. The normalized spacial score (nSPS) is 14.6. The first-order chi connectivity index (χ1) is 11.5. The van der Waals surface area contributed by atoms with Gasteiger partial charge in [-0.25, -0.2) is 9.97 Å². The number of carbonyl (C=O) groups is 2. The smallest absolute Gasteiger partial charge is 0.276 e. The Kier molecular flexibility index (Phi) is 5.10. The molecular weight excluding hydrogens is 394 g/mol. The quantitative estimate of drug-likeness (QED) is 0.840. The minimum Gasteiger partial charge on any atom is -0.367 e. The van der Waals surface area contributed by atoms with Crippen molar-refractivity contribution >= 4 is 49.9 Å². The van der Waals surface area contributed by atoms with Crippen LogP contribution in [0.3, 0.4) is 0 Å². The van der Waals surface area contributed by atoms with Crippen molar-refractivity contribution in [1.29, 1.82) is 0 Å². The van der Waals surface area contributed by atoms with Crippen molar-refractivity contribution < 1.29 is 9.59 Å². The Hall–Kier alpha value is -2.00. The number of hydrogen-bond acceptors (Lipinski definition) is 6. The SMILES string of the molecule is CC(=O)N1CCN(c2ccc(C(=O)Nc3nc(Br)cs3)nc2)CC1. The fourth-order valence-corrected chi connectivity index (χ4v) is 3.60. The Balaban J connectivity index is 1.61. The van der Waals surface area contributed by atoms with Crippen molar-refractivity contribution in [1.82, 2.24) is 14.9 Å². The zero-order chi connectivity index (χ0) is 17.1. The van der Waals surface area contributed by atoms with Gasteiger partial charge in [0.25, 0.3) is 5.91 Å². The molecule has 0 atom stereocenters. The lowest BCUT2D eigenvalue weighted by atomic mass is 10.2. The number of aromatic nitrogens is 2. The topological polar surface area (TPSA) is 78.4 Å². The minimum absolute atomic E-state index is 0.105. The van der Waals surface area contributed by atoms with Crippen molar-refractivity contribution in [3.63, 3.8) is 0 Å². The number of nitrogens with zero attached hydrogens (tertiary/aromatic N) is 4. The Morgan fingerprint density at radius 2 is 2.00 bits per heavy atom. The van der Waals surface area contributed by atoms with Crippen molar-refractivity contribution in [2.24, 2.45) is 0 Å². The molecule has 0 spiro atoms. The number of halogens is 1. The minimum atomic E-state index is -0.287. The van der Waals surface area contributed by atoms with Crippen LogP contribution in [0.25, 0.3) is 0 Å². The number of rotatable bonds is 3. The largest absolute Gasteiger partial charge is 0.367 e. The van der Waals surface area contributed by atoms with Crippen molar-refractivity contribution in [3.8, 4) is 0 Å². The molecule has 0 unspecified atom stereocenters. The Labute approximate surface area is 151 Å². The second-order valence-corrected chi connectivity index (χ2v) is 6.99. The molecule has 7 nitrogen and oxygen atoms in total. The van der Waals surface area contributed by atoms with E-state index in [0.29, 0.717) is 28.5 Å². The molecule has 126 valence electrons. The molecule has 1 fully saturated rings. The van der Waals surface area contributed by atoms with E-state index in [1.54, 1.807) is 24.6 Å². The molecular formula is C15H16BrN5O2S. The Morgan fingerprint density at radius 1 is 1.25 bits per heavy atom. The zero-order valence-electron chi connectivity index (χ0n) is 13.0. The van der Waals surface area contributed by atoms with Gasteiger partial charge in [0, 0.05) is 38.5 Å². The maximum absolute atomic E-state index is 12.1. The van der Waals surface area contributed by atoms with Gasteiger partial charge >= 0.3 is 0 Å². The first kappa shape index (κ1) is 16.8. The molecule has 0 saturated carbocycles. The predicted molar refractivity (Wildman–Crippen MR) is 96.5 cm³/mol. The summed E-state index contributed by atoms with van der Waals surface area (Å²) in [7, 11) is 0. The van der Waals surface area contributed by atoms with Crippen molar-refractivity contribution in [3.05, 3.63) is 34.0 Å². The average molecular weight is 410 g/mol. The third kappa shape index (κ3) is 3.90. The molecule has 3 rings (SSSR count). The number of nitrogens with one attached hydrogen (secondary N) is 1. The summed E-state index contributed by atoms with van der Waals surface area (Å²) in [6, 6.07) is 3.58. The number of anilines is 2. The van der Waals surface area contributed by atoms with Gasteiger partial charge in [0.15, 0.2) is 5.13 Å². The highest BCUT2D eigenvalue weighted by atomic mass is 79.9. The van der Waals surface area contributed by atoms with Gasteiger partial charge in [-0.1, -0.05) is 0 Å². The standard InChI is InChI=1S/C15H16BrN5O2S/c1-10(22)20-4-6-21(7-5-20)11-2-3-12(17-8-11)14(23)19-15-18-13(16)9-24-15/h2-3,8-9H,4-7H2,1H3,(H,18,19,23). The van der Waals surface area contributed by atoms with Crippen LogP contribution in [0.1, 0.15) is 17.4 Å². The van der Waals surface area contributed by atoms with Crippen LogP contribution < -0.4 is 10.2 Å². The van der Waals surface area contributed by atoms with Gasteiger partial charge in [0.2, 0.25) is 5.91 Å². The summed E-state index contributed by atoms with van der Waals surface area (Å²) < 4.78 is 0.691.